The summed E-state index contributed by atoms with van der Waals surface area (Å²) < 4.78 is 5.05. The van der Waals surface area contributed by atoms with Gasteiger partial charge in [0.15, 0.2) is 0 Å². The second kappa shape index (κ2) is 5.35. The average molecular weight is 248 g/mol. The summed E-state index contributed by atoms with van der Waals surface area (Å²) in [5.74, 6) is 2.07. The number of nitrogen functional groups attached to an aromatic ring is 1. The molecule has 0 aliphatic rings. The molecule has 7 nitrogen and oxygen atoms in total. The molecular weight excluding hydrogens is 232 g/mol. The highest BCUT2D eigenvalue weighted by Gasteiger charge is 2.13. The molecule has 0 saturated heterocycles. The molecule has 0 bridgehead atoms. The maximum absolute atomic E-state index is 5.61. The molecule has 0 saturated carbocycles. The van der Waals surface area contributed by atoms with Gasteiger partial charge in [-0.25, -0.2) is 4.98 Å². The normalized spacial score (nSPS) is 12.1. The van der Waals surface area contributed by atoms with Crippen LogP contribution >= 0.6 is 0 Å². The third kappa shape index (κ3) is 2.68. The molecule has 0 aliphatic carbocycles. The summed E-state index contributed by atoms with van der Waals surface area (Å²) in [7, 11) is 1.54. The van der Waals surface area contributed by atoms with Crippen molar-refractivity contribution in [2.24, 2.45) is 0 Å². The van der Waals surface area contributed by atoms with Crippen molar-refractivity contribution in [2.45, 2.75) is 19.4 Å². The maximum atomic E-state index is 5.61. The van der Waals surface area contributed by atoms with E-state index in [4.69, 9.17) is 10.5 Å². The Bertz CT molecular complexity index is 498. The quantitative estimate of drug-likeness (QED) is 0.738. The van der Waals surface area contributed by atoms with Crippen molar-refractivity contribution in [2.75, 3.05) is 18.2 Å². The molecular formula is C11H16N6O. The van der Waals surface area contributed by atoms with E-state index in [0.29, 0.717) is 11.7 Å². The van der Waals surface area contributed by atoms with Crippen LogP contribution in [-0.2, 0) is 0 Å². The van der Waals surface area contributed by atoms with E-state index in [1.807, 2.05) is 0 Å². The first-order valence-corrected chi connectivity index (χ1v) is 5.67. The Morgan fingerprint density at radius 2 is 2.33 bits per heavy atom. The molecule has 0 radical (unpaired) electrons. The minimum absolute atomic E-state index is 0.0407. The van der Waals surface area contributed by atoms with Gasteiger partial charge in [0, 0.05) is 18.5 Å². The van der Waals surface area contributed by atoms with Crippen molar-refractivity contribution in [3.05, 3.63) is 24.3 Å². The molecule has 18 heavy (non-hydrogen) atoms. The summed E-state index contributed by atoms with van der Waals surface area (Å²) in [6, 6.07) is 1.74. The molecule has 1 atom stereocenters. The average Bonchev–Trinajstić information content (AvgIpc) is 2.89. The molecule has 0 aromatic carbocycles. The van der Waals surface area contributed by atoms with Crippen LogP contribution in [0.15, 0.2) is 18.5 Å². The second-order valence-corrected chi connectivity index (χ2v) is 3.73. The van der Waals surface area contributed by atoms with Gasteiger partial charge in [0.05, 0.1) is 13.2 Å². The third-order valence-electron chi connectivity index (χ3n) is 2.51. The van der Waals surface area contributed by atoms with E-state index in [9.17, 15) is 0 Å². The van der Waals surface area contributed by atoms with E-state index >= 15 is 0 Å². The number of imidazole rings is 1. The van der Waals surface area contributed by atoms with E-state index in [1.165, 1.54) is 7.11 Å². The molecule has 0 aliphatic heterocycles. The molecule has 4 N–H and O–H groups in total. The lowest BCUT2D eigenvalue weighted by atomic mass is 10.2. The lowest BCUT2D eigenvalue weighted by Gasteiger charge is -2.15. The minimum Gasteiger partial charge on any atom is -0.481 e. The number of aromatic nitrogens is 4. The summed E-state index contributed by atoms with van der Waals surface area (Å²) in [4.78, 5) is 15.3. The molecule has 2 aromatic rings. The number of hydrogen-bond acceptors (Lipinski definition) is 6. The van der Waals surface area contributed by atoms with Gasteiger partial charge in [0.2, 0.25) is 11.8 Å². The van der Waals surface area contributed by atoms with Crippen molar-refractivity contribution in [1.82, 2.24) is 19.9 Å². The van der Waals surface area contributed by atoms with Crippen LogP contribution in [0.3, 0.4) is 0 Å². The first-order chi connectivity index (χ1) is 8.72. The Balaban J connectivity index is 2.19. The monoisotopic (exact) mass is 248 g/mol. The minimum atomic E-state index is 0.0407. The van der Waals surface area contributed by atoms with Crippen LogP contribution < -0.4 is 15.8 Å². The fourth-order valence-corrected chi connectivity index (χ4v) is 1.63. The largest absolute Gasteiger partial charge is 0.481 e. The molecule has 2 heterocycles. The van der Waals surface area contributed by atoms with E-state index in [2.05, 4.69) is 32.2 Å². The smallest absolute Gasteiger partial charge is 0.225 e. The van der Waals surface area contributed by atoms with Crippen LogP contribution in [0.4, 0.5) is 11.8 Å². The van der Waals surface area contributed by atoms with Gasteiger partial charge in [-0.2, -0.15) is 9.97 Å². The molecule has 7 heteroatoms. The Kier molecular flexibility index (Phi) is 3.61. The first-order valence-electron chi connectivity index (χ1n) is 5.67. The fraction of sp³-hybridized carbons (Fsp3) is 0.364. The predicted molar refractivity (Wildman–Crippen MR) is 68.2 cm³/mol. The number of nitrogens with one attached hydrogen (secondary N) is 2. The number of nitrogens with zero attached hydrogens (tertiary/aromatic N) is 3. The lowest BCUT2D eigenvalue weighted by Crippen LogP contribution is -2.13. The van der Waals surface area contributed by atoms with Crippen LogP contribution in [0.5, 0.6) is 5.88 Å². The Hall–Kier alpha value is -2.31. The molecule has 96 valence electrons. The maximum Gasteiger partial charge on any atom is 0.225 e. The molecule has 2 rings (SSSR count). The van der Waals surface area contributed by atoms with Crippen LogP contribution in [0.2, 0.25) is 0 Å². The summed E-state index contributed by atoms with van der Waals surface area (Å²) in [6.07, 6.45) is 4.36. The van der Waals surface area contributed by atoms with Crippen molar-refractivity contribution in [3.63, 3.8) is 0 Å². The predicted octanol–water partition coefficient (Wildman–Crippen LogP) is 1.35. The van der Waals surface area contributed by atoms with Crippen LogP contribution in [0, 0.1) is 0 Å². The van der Waals surface area contributed by atoms with Crippen molar-refractivity contribution >= 4 is 11.8 Å². The number of aromatic amines is 1. The number of H-pyrrole nitrogens is 1. The Labute approximate surface area is 105 Å². The SMILES string of the molecule is CCC(Nc1cc(OC)nc(N)n1)c1ncc[nH]1. The van der Waals surface area contributed by atoms with Crippen LogP contribution in [-0.4, -0.2) is 27.0 Å². The topological polar surface area (TPSA) is 102 Å². The summed E-state index contributed by atoms with van der Waals surface area (Å²) in [5.41, 5.74) is 5.61. The molecule has 1 unspecified atom stereocenters. The van der Waals surface area contributed by atoms with Gasteiger partial charge in [-0.15, -0.1) is 0 Å². The van der Waals surface area contributed by atoms with Gasteiger partial charge < -0.3 is 20.8 Å². The number of nitrogens with two attached hydrogens (primary N) is 1. The fourth-order valence-electron chi connectivity index (χ4n) is 1.63. The van der Waals surface area contributed by atoms with E-state index in [-0.39, 0.29) is 12.0 Å². The number of hydrogen-bond donors (Lipinski definition) is 3. The van der Waals surface area contributed by atoms with Gasteiger partial charge in [0.1, 0.15) is 11.6 Å². The Morgan fingerprint density at radius 1 is 1.50 bits per heavy atom. The van der Waals surface area contributed by atoms with E-state index in [1.54, 1.807) is 18.5 Å². The lowest BCUT2D eigenvalue weighted by molar-refractivity contribution is 0.398. The van der Waals surface area contributed by atoms with Gasteiger partial charge in [0.25, 0.3) is 0 Å². The van der Waals surface area contributed by atoms with Crippen molar-refractivity contribution in [3.8, 4) is 5.88 Å². The summed E-state index contributed by atoms with van der Waals surface area (Å²) in [5, 5.41) is 3.24. The molecule has 2 aromatic heterocycles. The Morgan fingerprint density at radius 3 is 2.94 bits per heavy atom. The van der Waals surface area contributed by atoms with E-state index < -0.39 is 0 Å². The zero-order valence-corrected chi connectivity index (χ0v) is 10.3. The summed E-state index contributed by atoms with van der Waals surface area (Å²) in [6.45, 7) is 2.06. The zero-order valence-electron chi connectivity index (χ0n) is 10.3. The zero-order chi connectivity index (χ0) is 13.0. The van der Waals surface area contributed by atoms with E-state index in [0.717, 1.165) is 12.2 Å². The van der Waals surface area contributed by atoms with Gasteiger partial charge in [-0.05, 0) is 6.42 Å². The number of methoxy groups -OCH3 is 1. The second-order valence-electron chi connectivity index (χ2n) is 3.73. The van der Waals surface area contributed by atoms with Gasteiger partial charge >= 0.3 is 0 Å². The number of rotatable bonds is 5. The number of ether oxygens (including phenoxy) is 1. The van der Waals surface area contributed by atoms with Gasteiger partial charge in [-0.3, -0.25) is 0 Å². The first kappa shape index (κ1) is 12.2. The molecule has 0 fully saturated rings. The third-order valence-corrected chi connectivity index (χ3v) is 2.51. The highest BCUT2D eigenvalue weighted by atomic mass is 16.5. The van der Waals surface area contributed by atoms with Crippen LogP contribution in [0.25, 0.3) is 0 Å². The highest BCUT2D eigenvalue weighted by molar-refractivity contribution is 5.44. The summed E-state index contributed by atoms with van der Waals surface area (Å²) >= 11 is 0. The highest BCUT2D eigenvalue weighted by Crippen LogP contribution is 2.21. The van der Waals surface area contributed by atoms with Crippen molar-refractivity contribution in [1.29, 1.82) is 0 Å². The van der Waals surface area contributed by atoms with Gasteiger partial charge in [-0.1, -0.05) is 6.92 Å². The van der Waals surface area contributed by atoms with Crippen molar-refractivity contribution < 1.29 is 4.74 Å². The standard InChI is InChI=1S/C11H16N6O/c1-3-7(10-13-4-5-14-10)15-8-6-9(18-2)17-11(12)16-8/h4-7H,3H2,1-2H3,(H,13,14)(H3,12,15,16,17). The van der Waals surface area contributed by atoms with Crippen LogP contribution in [0.1, 0.15) is 25.2 Å². The number of anilines is 2. The molecule has 0 spiro atoms. The molecule has 0 amide bonds.